The second-order valence-electron chi connectivity index (χ2n) is 5.73. The molecule has 0 aliphatic carbocycles. The molecule has 0 fully saturated rings. The molecule has 0 heterocycles. The van der Waals surface area contributed by atoms with Crippen LogP contribution in [0.15, 0.2) is 40.9 Å². The number of anilines is 1. The van der Waals surface area contributed by atoms with E-state index in [1.165, 1.54) is 0 Å². The number of ether oxygens (including phenoxy) is 2. The maximum Gasteiger partial charge on any atom is 0.279 e. The van der Waals surface area contributed by atoms with Crippen molar-refractivity contribution in [1.82, 2.24) is 0 Å². The van der Waals surface area contributed by atoms with E-state index in [9.17, 15) is 4.79 Å². The largest absolute Gasteiger partial charge is 0.493 e. The number of carbonyl (C=O) groups is 1. The van der Waals surface area contributed by atoms with E-state index in [-0.39, 0.29) is 5.91 Å². The van der Waals surface area contributed by atoms with Crippen LogP contribution in [0.1, 0.15) is 11.1 Å². The molecule has 25 heavy (non-hydrogen) atoms. The number of methoxy groups -OCH3 is 2. The Kier molecular flexibility index (Phi) is 7.28. The molecule has 1 amide bonds. The SMILES string of the molecule is COc1ccc(CC[NH2+]CC(=O)Nc2ccc(C)c(Br)c2)cc1OC. The van der Waals surface area contributed by atoms with Gasteiger partial charge in [0.1, 0.15) is 0 Å². The van der Waals surface area contributed by atoms with Crippen molar-refractivity contribution < 1.29 is 19.6 Å². The first-order valence-corrected chi connectivity index (χ1v) is 8.91. The smallest absolute Gasteiger partial charge is 0.279 e. The van der Waals surface area contributed by atoms with Gasteiger partial charge in [0, 0.05) is 16.6 Å². The minimum atomic E-state index is -0.0111. The fourth-order valence-electron chi connectivity index (χ4n) is 2.42. The Morgan fingerprint density at radius 1 is 1.12 bits per heavy atom. The molecule has 6 heteroatoms. The van der Waals surface area contributed by atoms with Crippen LogP contribution in [0.4, 0.5) is 5.69 Å². The monoisotopic (exact) mass is 407 g/mol. The predicted molar refractivity (Wildman–Crippen MR) is 102 cm³/mol. The van der Waals surface area contributed by atoms with E-state index in [1.807, 2.05) is 48.6 Å². The van der Waals surface area contributed by atoms with Crippen LogP contribution in [0.3, 0.4) is 0 Å². The first kappa shape index (κ1) is 19.3. The maximum atomic E-state index is 12.0. The first-order valence-electron chi connectivity index (χ1n) is 8.12. The number of nitrogens with two attached hydrogens (primary N) is 1. The Bertz CT molecular complexity index is 735. The lowest BCUT2D eigenvalue weighted by Crippen LogP contribution is -2.86. The number of hydrogen-bond acceptors (Lipinski definition) is 3. The first-order chi connectivity index (χ1) is 12.0. The van der Waals surface area contributed by atoms with E-state index in [1.54, 1.807) is 14.2 Å². The van der Waals surface area contributed by atoms with Gasteiger partial charge in [-0.15, -0.1) is 0 Å². The number of carbonyl (C=O) groups excluding carboxylic acids is 1. The standard InChI is InChI=1S/C19H23BrN2O3/c1-13-4-6-15(11-16(13)20)22-19(23)12-21-9-8-14-5-7-17(24-2)18(10-14)25-3/h4-7,10-11,21H,8-9,12H2,1-3H3,(H,22,23)/p+1. The van der Waals surface area contributed by atoms with Crippen molar-refractivity contribution in [2.24, 2.45) is 0 Å². The lowest BCUT2D eigenvalue weighted by Gasteiger charge is -2.09. The van der Waals surface area contributed by atoms with Crippen LogP contribution < -0.4 is 20.1 Å². The average Bonchev–Trinajstić information content (AvgIpc) is 2.61. The zero-order chi connectivity index (χ0) is 18.2. The van der Waals surface area contributed by atoms with Gasteiger partial charge in [0.25, 0.3) is 5.91 Å². The third-order valence-electron chi connectivity index (χ3n) is 3.87. The topological polar surface area (TPSA) is 64.2 Å². The molecule has 0 aliphatic heterocycles. The molecular formula is C19H24BrN2O3+. The normalized spacial score (nSPS) is 10.4. The third kappa shape index (κ3) is 5.76. The van der Waals surface area contributed by atoms with Gasteiger partial charge in [0.05, 0.1) is 20.8 Å². The van der Waals surface area contributed by atoms with Gasteiger partial charge >= 0.3 is 0 Å². The van der Waals surface area contributed by atoms with Gasteiger partial charge in [-0.25, -0.2) is 0 Å². The molecule has 0 radical (unpaired) electrons. The predicted octanol–water partition coefficient (Wildman–Crippen LogP) is 2.52. The van der Waals surface area contributed by atoms with Crippen LogP contribution >= 0.6 is 15.9 Å². The number of rotatable bonds is 8. The highest BCUT2D eigenvalue weighted by atomic mass is 79.9. The molecule has 2 aromatic rings. The van der Waals surface area contributed by atoms with Gasteiger partial charge in [-0.1, -0.05) is 28.1 Å². The molecule has 0 bridgehead atoms. The van der Waals surface area contributed by atoms with Crippen molar-refractivity contribution >= 4 is 27.5 Å². The number of halogens is 1. The maximum absolute atomic E-state index is 12.0. The Labute approximate surface area is 156 Å². The number of amides is 1. The van der Waals surface area contributed by atoms with Gasteiger partial charge < -0.3 is 20.1 Å². The van der Waals surface area contributed by atoms with Gasteiger partial charge in [0.2, 0.25) is 0 Å². The van der Waals surface area contributed by atoms with Crippen LogP contribution in [-0.4, -0.2) is 33.2 Å². The van der Waals surface area contributed by atoms with Crippen LogP contribution in [0, 0.1) is 6.92 Å². The van der Waals surface area contributed by atoms with Crippen molar-refractivity contribution in [3.8, 4) is 11.5 Å². The summed E-state index contributed by atoms with van der Waals surface area (Å²) in [6.07, 6.45) is 0.851. The molecule has 2 rings (SSSR count). The molecule has 0 unspecified atom stereocenters. The van der Waals surface area contributed by atoms with Gasteiger partial charge in [0.15, 0.2) is 18.0 Å². The summed E-state index contributed by atoms with van der Waals surface area (Å²) in [5.74, 6) is 1.43. The molecule has 5 nitrogen and oxygen atoms in total. The van der Waals surface area contributed by atoms with Crippen LogP contribution in [-0.2, 0) is 11.2 Å². The summed E-state index contributed by atoms with van der Waals surface area (Å²) in [6.45, 7) is 3.22. The Balaban J connectivity index is 1.77. The second kappa shape index (κ2) is 9.44. The Morgan fingerprint density at radius 2 is 1.88 bits per heavy atom. The quantitative estimate of drug-likeness (QED) is 0.660. The number of quaternary nitrogens is 1. The van der Waals surface area contributed by atoms with E-state index in [2.05, 4.69) is 21.2 Å². The molecule has 3 N–H and O–H groups in total. The Hall–Kier alpha value is -2.05. The highest BCUT2D eigenvalue weighted by Gasteiger charge is 2.07. The van der Waals surface area contributed by atoms with E-state index < -0.39 is 0 Å². The minimum Gasteiger partial charge on any atom is -0.493 e. The van der Waals surface area contributed by atoms with Gasteiger partial charge in [-0.2, -0.15) is 0 Å². The summed E-state index contributed by atoms with van der Waals surface area (Å²) in [6, 6.07) is 11.7. The van der Waals surface area contributed by atoms with E-state index in [4.69, 9.17) is 9.47 Å². The molecule has 0 aromatic heterocycles. The van der Waals surface area contributed by atoms with Crippen LogP contribution in [0.2, 0.25) is 0 Å². The van der Waals surface area contributed by atoms with E-state index in [0.717, 1.165) is 45.8 Å². The summed E-state index contributed by atoms with van der Waals surface area (Å²) in [7, 11) is 3.25. The molecule has 0 saturated heterocycles. The zero-order valence-electron chi connectivity index (χ0n) is 14.8. The zero-order valence-corrected chi connectivity index (χ0v) is 16.4. The minimum absolute atomic E-state index is 0.0111. The fraction of sp³-hybridized carbons (Fsp3) is 0.316. The van der Waals surface area contributed by atoms with E-state index in [0.29, 0.717) is 6.54 Å². The summed E-state index contributed by atoms with van der Waals surface area (Å²) < 4.78 is 11.5. The second-order valence-corrected chi connectivity index (χ2v) is 6.59. The van der Waals surface area contributed by atoms with Gasteiger partial charge in [-0.05, 0) is 42.3 Å². The van der Waals surface area contributed by atoms with Gasteiger partial charge in [-0.3, -0.25) is 4.79 Å². The lowest BCUT2D eigenvalue weighted by atomic mass is 10.1. The summed E-state index contributed by atoms with van der Waals surface area (Å²) in [4.78, 5) is 12.0. The van der Waals surface area contributed by atoms with Crippen molar-refractivity contribution in [1.29, 1.82) is 0 Å². The molecule has 134 valence electrons. The van der Waals surface area contributed by atoms with Crippen molar-refractivity contribution in [2.45, 2.75) is 13.3 Å². The highest BCUT2D eigenvalue weighted by molar-refractivity contribution is 9.10. The third-order valence-corrected chi connectivity index (χ3v) is 4.72. The molecule has 0 aliphatic rings. The summed E-state index contributed by atoms with van der Waals surface area (Å²) >= 11 is 3.47. The average molecular weight is 408 g/mol. The number of nitrogens with one attached hydrogen (secondary N) is 1. The van der Waals surface area contributed by atoms with Crippen molar-refractivity contribution in [2.75, 3.05) is 32.6 Å². The number of benzene rings is 2. The number of hydrogen-bond donors (Lipinski definition) is 2. The Morgan fingerprint density at radius 3 is 2.56 bits per heavy atom. The molecule has 0 saturated carbocycles. The van der Waals surface area contributed by atoms with Crippen LogP contribution in [0.25, 0.3) is 0 Å². The van der Waals surface area contributed by atoms with Crippen LogP contribution in [0.5, 0.6) is 11.5 Å². The summed E-state index contributed by atoms with van der Waals surface area (Å²) in [5.41, 5.74) is 3.09. The lowest BCUT2D eigenvalue weighted by molar-refractivity contribution is -0.643. The number of aryl methyl sites for hydroxylation is 1. The fourth-order valence-corrected chi connectivity index (χ4v) is 2.80. The molecule has 0 atom stereocenters. The highest BCUT2D eigenvalue weighted by Crippen LogP contribution is 2.27. The molecule has 0 spiro atoms. The summed E-state index contributed by atoms with van der Waals surface area (Å²) in [5, 5.41) is 4.90. The molecule has 2 aromatic carbocycles. The van der Waals surface area contributed by atoms with E-state index >= 15 is 0 Å². The van der Waals surface area contributed by atoms with Crippen molar-refractivity contribution in [3.05, 3.63) is 52.0 Å². The van der Waals surface area contributed by atoms with Crippen molar-refractivity contribution in [3.63, 3.8) is 0 Å². The molecular weight excluding hydrogens is 384 g/mol.